The van der Waals surface area contributed by atoms with Gasteiger partial charge in [0, 0.05) is 55.7 Å². The van der Waals surface area contributed by atoms with Gasteiger partial charge in [-0.25, -0.2) is 9.97 Å². The highest BCUT2D eigenvalue weighted by atomic mass is 16.1. The van der Waals surface area contributed by atoms with Crippen molar-refractivity contribution in [1.29, 1.82) is 0 Å². The number of nitrogens with zero attached hydrogens (tertiary/aromatic N) is 4. The quantitative estimate of drug-likeness (QED) is 0.933. The van der Waals surface area contributed by atoms with Crippen LogP contribution in [0.4, 0.5) is 5.82 Å². The van der Waals surface area contributed by atoms with Crippen LogP contribution in [0.5, 0.6) is 0 Å². The van der Waals surface area contributed by atoms with Gasteiger partial charge < -0.3 is 14.8 Å². The summed E-state index contributed by atoms with van der Waals surface area (Å²) in [5, 5.41) is 3.17. The number of piperidine rings is 1. The summed E-state index contributed by atoms with van der Waals surface area (Å²) in [6.45, 7) is 4.05. The molecule has 4 rings (SSSR count). The maximum absolute atomic E-state index is 12.7. The van der Waals surface area contributed by atoms with Crippen LogP contribution in [0.2, 0.25) is 0 Å². The molecule has 1 amide bonds. The van der Waals surface area contributed by atoms with Crippen LogP contribution < -0.4 is 10.2 Å². The van der Waals surface area contributed by atoms with Gasteiger partial charge in [0.25, 0.3) is 5.91 Å². The van der Waals surface area contributed by atoms with Crippen LogP contribution >= 0.6 is 0 Å². The molecule has 0 saturated carbocycles. The van der Waals surface area contributed by atoms with Crippen molar-refractivity contribution in [3.8, 4) is 0 Å². The molecule has 1 N–H and O–H groups in total. The summed E-state index contributed by atoms with van der Waals surface area (Å²) in [5.41, 5.74) is 0.694. The molecule has 2 aliphatic heterocycles. The van der Waals surface area contributed by atoms with Gasteiger partial charge in [-0.15, -0.1) is 0 Å². The molecule has 0 aromatic carbocycles. The van der Waals surface area contributed by atoms with E-state index in [-0.39, 0.29) is 11.9 Å². The molecule has 2 aromatic heterocycles. The molecule has 0 unspecified atom stereocenters. The zero-order chi connectivity index (χ0) is 17.2. The maximum atomic E-state index is 12.7. The van der Waals surface area contributed by atoms with Gasteiger partial charge in [0.2, 0.25) is 0 Å². The van der Waals surface area contributed by atoms with Crippen LogP contribution in [0.1, 0.15) is 48.8 Å². The van der Waals surface area contributed by atoms with Gasteiger partial charge in [-0.2, -0.15) is 0 Å². The summed E-state index contributed by atoms with van der Waals surface area (Å²) in [6.07, 6.45) is 11.1. The Hall–Kier alpha value is -2.37. The highest BCUT2D eigenvalue weighted by Crippen LogP contribution is 2.23. The third-order valence-corrected chi connectivity index (χ3v) is 5.38. The van der Waals surface area contributed by atoms with Gasteiger partial charge >= 0.3 is 0 Å². The fourth-order valence-electron chi connectivity index (χ4n) is 3.91. The molecule has 1 saturated heterocycles. The zero-order valence-electron chi connectivity index (χ0n) is 14.7. The number of hydrogen-bond acceptors (Lipinski definition) is 4. The summed E-state index contributed by atoms with van der Waals surface area (Å²) < 4.78 is 2.13. The Morgan fingerprint density at radius 1 is 1.24 bits per heavy atom. The summed E-state index contributed by atoms with van der Waals surface area (Å²) in [6, 6.07) is 4.37. The van der Waals surface area contributed by atoms with Crippen molar-refractivity contribution in [2.75, 3.05) is 11.4 Å². The lowest BCUT2D eigenvalue weighted by Gasteiger charge is -2.34. The molecule has 0 bridgehead atoms. The molecule has 2 atom stereocenters. The first-order chi connectivity index (χ1) is 12.2. The highest BCUT2D eigenvalue weighted by molar-refractivity contribution is 5.95. The number of carbonyl (C=O) groups is 1. The minimum Gasteiger partial charge on any atom is -0.354 e. The third-order valence-electron chi connectivity index (χ3n) is 5.38. The first kappa shape index (κ1) is 16.1. The maximum Gasteiger partial charge on any atom is 0.251 e. The van der Waals surface area contributed by atoms with Crippen molar-refractivity contribution in [2.45, 2.75) is 57.7 Å². The van der Waals surface area contributed by atoms with Gasteiger partial charge in [0.1, 0.15) is 11.6 Å². The Morgan fingerprint density at radius 3 is 3.04 bits per heavy atom. The number of hydrogen-bond donors (Lipinski definition) is 1. The van der Waals surface area contributed by atoms with Gasteiger partial charge in [-0.05, 0) is 44.7 Å². The van der Waals surface area contributed by atoms with E-state index >= 15 is 0 Å². The number of rotatable bonds is 3. The predicted molar refractivity (Wildman–Crippen MR) is 96.7 cm³/mol. The number of pyridine rings is 1. The van der Waals surface area contributed by atoms with Crippen LogP contribution in [-0.2, 0) is 13.0 Å². The second-order valence-corrected chi connectivity index (χ2v) is 7.15. The second-order valence-electron chi connectivity index (χ2n) is 7.15. The van der Waals surface area contributed by atoms with Gasteiger partial charge in [0.05, 0.1) is 0 Å². The normalized spacial score (nSPS) is 23.2. The van der Waals surface area contributed by atoms with E-state index in [1.165, 1.54) is 19.3 Å². The first-order valence-electron chi connectivity index (χ1n) is 9.24. The molecular weight excluding hydrogens is 314 g/mol. The summed E-state index contributed by atoms with van der Waals surface area (Å²) in [7, 11) is 0. The van der Waals surface area contributed by atoms with Crippen molar-refractivity contribution in [3.05, 3.63) is 42.1 Å². The van der Waals surface area contributed by atoms with Crippen molar-refractivity contribution < 1.29 is 4.79 Å². The van der Waals surface area contributed by atoms with E-state index in [2.05, 4.69) is 31.7 Å². The lowest BCUT2D eigenvalue weighted by molar-refractivity contribution is 0.0927. The monoisotopic (exact) mass is 339 g/mol. The van der Waals surface area contributed by atoms with E-state index in [0.29, 0.717) is 11.6 Å². The number of fused-ring (bicyclic) bond motifs is 1. The lowest BCUT2D eigenvalue weighted by atomic mass is 10.0. The average molecular weight is 339 g/mol. The van der Waals surface area contributed by atoms with E-state index in [1.807, 2.05) is 18.5 Å². The lowest BCUT2D eigenvalue weighted by Crippen LogP contribution is -2.41. The van der Waals surface area contributed by atoms with Crippen molar-refractivity contribution in [1.82, 2.24) is 19.9 Å². The van der Waals surface area contributed by atoms with Crippen LogP contribution in [-0.4, -0.2) is 39.1 Å². The fourth-order valence-corrected chi connectivity index (χ4v) is 3.91. The minimum absolute atomic E-state index is 0.0122. The SMILES string of the molecule is C[C@@H]1CCCCN1c1cc(C(=O)N[C@H]2CCc3nccn3C2)ccn1. The molecule has 0 aliphatic carbocycles. The number of aryl methyl sites for hydroxylation is 1. The molecule has 1 fully saturated rings. The molecule has 0 spiro atoms. The van der Waals surface area contributed by atoms with Crippen molar-refractivity contribution in [2.24, 2.45) is 0 Å². The largest absolute Gasteiger partial charge is 0.354 e. The van der Waals surface area contributed by atoms with Crippen LogP contribution in [0.3, 0.4) is 0 Å². The highest BCUT2D eigenvalue weighted by Gasteiger charge is 2.23. The summed E-state index contributed by atoms with van der Waals surface area (Å²) in [5.74, 6) is 2.01. The Labute approximate surface area is 148 Å². The third kappa shape index (κ3) is 3.38. The topological polar surface area (TPSA) is 63.1 Å². The standard InChI is InChI=1S/C19H25N5O/c1-14-4-2-3-10-24(14)18-12-15(7-8-20-18)19(25)22-16-5-6-17-21-9-11-23(17)13-16/h7-9,11-12,14,16H,2-6,10,13H2,1H3,(H,22,25)/t14-,16+/m1/s1. The number of imidazole rings is 1. The van der Waals surface area contributed by atoms with E-state index < -0.39 is 0 Å². The van der Waals surface area contributed by atoms with Crippen LogP contribution in [0.15, 0.2) is 30.7 Å². The molecule has 25 heavy (non-hydrogen) atoms. The molecule has 4 heterocycles. The molecule has 0 radical (unpaired) electrons. The van der Waals surface area contributed by atoms with Crippen molar-refractivity contribution >= 4 is 11.7 Å². The molecule has 6 nitrogen and oxygen atoms in total. The minimum atomic E-state index is -0.0122. The summed E-state index contributed by atoms with van der Waals surface area (Å²) >= 11 is 0. The summed E-state index contributed by atoms with van der Waals surface area (Å²) in [4.78, 5) is 23.8. The van der Waals surface area contributed by atoms with E-state index in [9.17, 15) is 4.79 Å². The van der Waals surface area contributed by atoms with Gasteiger partial charge in [-0.3, -0.25) is 4.79 Å². The smallest absolute Gasteiger partial charge is 0.251 e. The van der Waals surface area contributed by atoms with E-state index in [4.69, 9.17) is 0 Å². The molecule has 2 aliphatic rings. The zero-order valence-corrected chi connectivity index (χ0v) is 14.7. The van der Waals surface area contributed by atoms with E-state index in [0.717, 1.165) is 37.6 Å². The van der Waals surface area contributed by atoms with Crippen molar-refractivity contribution in [3.63, 3.8) is 0 Å². The molecule has 6 heteroatoms. The first-order valence-corrected chi connectivity index (χ1v) is 9.24. The van der Waals surface area contributed by atoms with Gasteiger partial charge in [-0.1, -0.05) is 0 Å². The number of aromatic nitrogens is 3. The Kier molecular flexibility index (Phi) is 4.42. The number of carbonyl (C=O) groups excluding carboxylic acids is 1. The Bertz CT molecular complexity index is 756. The van der Waals surface area contributed by atoms with Crippen LogP contribution in [0.25, 0.3) is 0 Å². The fraction of sp³-hybridized carbons (Fsp3) is 0.526. The van der Waals surface area contributed by atoms with Gasteiger partial charge in [0.15, 0.2) is 0 Å². The Morgan fingerprint density at radius 2 is 2.16 bits per heavy atom. The molecule has 2 aromatic rings. The predicted octanol–water partition coefficient (Wildman–Crippen LogP) is 2.40. The number of amides is 1. The average Bonchev–Trinajstić information content (AvgIpc) is 3.10. The number of nitrogens with one attached hydrogen (secondary N) is 1. The number of anilines is 1. The van der Waals surface area contributed by atoms with Crippen LogP contribution in [0, 0.1) is 0 Å². The van der Waals surface area contributed by atoms with E-state index in [1.54, 1.807) is 12.3 Å². The second kappa shape index (κ2) is 6.86. The molecular formula is C19H25N5O. The Balaban J connectivity index is 1.45. The molecule has 132 valence electrons.